The highest BCUT2D eigenvalue weighted by Gasteiger charge is 2.47. The molecular weight excluding hydrogens is 549 g/mol. The van der Waals surface area contributed by atoms with Crippen molar-refractivity contribution in [3.05, 3.63) is 72.1 Å². The molecule has 9 heteroatoms. The van der Waals surface area contributed by atoms with E-state index in [-0.39, 0.29) is 25.0 Å². The zero-order valence-electron chi connectivity index (χ0n) is 24.1. The molecule has 222 valence electrons. The average Bonchev–Trinajstić information content (AvgIpc) is 3.75. The molecule has 2 aromatic heterocycles. The third-order valence-corrected chi connectivity index (χ3v) is 9.63. The molecule has 3 aliphatic heterocycles. The van der Waals surface area contributed by atoms with Crippen LogP contribution in [0.3, 0.4) is 0 Å². The molecule has 8 rings (SSSR count). The van der Waals surface area contributed by atoms with E-state index in [2.05, 4.69) is 0 Å². The second-order valence-corrected chi connectivity index (χ2v) is 12.2. The highest BCUT2D eigenvalue weighted by molar-refractivity contribution is 6.50. The lowest BCUT2D eigenvalue weighted by atomic mass is 9.94. The van der Waals surface area contributed by atoms with Crippen molar-refractivity contribution < 1.29 is 28.2 Å². The van der Waals surface area contributed by atoms with E-state index in [1.165, 1.54) is 11.9 Å². The monoisotopic (exact) mass is 583 g/mol. The van der Waals surface area contributed by atoms with Crippen molar-refractivity contribution in [1.29, 1.82) is 0 Å². The van der Waals surface area contributed by atoms with Crippen LogP contribution < -0.4 is 0 Å². The molecule has 1 spiro atoms. The number of alkyl halides is 1. The van der Waals surface area contributed by atoms with Crippen LogP contribution in [0.5, 0.6) is 0 Å². The summed E-state index contributed by atoms with van der Waals surface area (Å²) in [5, 5.41) is 1.66. The van der Waals surface area contributed by atoms with E-state index >= 15 is 4.39 Å². The molecule has 2 amide bonds. The van der Waals surface area contributed by atoms with Crippen molar-refractivity contribution in [3.8, 4) is 0 Å². The average molecular weight is 584 g/mol. The molecule has 1 saturated heterocycles. The van der Waals surface area contributed by atoms with E-state index < -0.39 is 24.2 Å². The smallest absolute Gasteiger partial charge is 0.261 e. The number of aromatic nitrogens is 2. The Morgan fingerprint density at radius 1 is 0.837 bits per heavy atom. The number of ether oxygens (including phenoxy) is 3. The van der Waals surface area contributed by atoms with Gasteiger partial charge in [-0.3, -0.25) is 14.5 Å². The maximum absolute atomic E-state index is 16.6. The maximum atomic E-state index is 16.6. The van der Waals surface area contributed by atoms with Crippen molar-refractivity contribution in [1.82, 2.24) is 14.0 Å². The molecule has 3 atom stereocenters. The van der Waals surface area contributed by atoms with Crippen molar-refractivity contribution in [2.45, 2.75) is 69.4 Å². The summed E-state index contributed by atoms with van der Waals surface area (Å²) in [5.74, 6) is -1.35. The molecule has 4 aromatic rings. The molecule has 8 nitrogen and oxygen atoms in total. The Labute approximate surface area is 248 Å². The molecule has 0 radical (unpaired) electrons. The lowest BCUT2D eigenvalue weighted by molar-refractivity contribution is -0.203. The number of benzene rings is 2. The highest BCUT2D eigenvalue weighted by atomic mass is 19.1. The minimum atomic E-state index is -1.41. The summed E-state index contributed by atoms with van der Waals surface area (Å²) in [7, 11) is 1.52. The van der Waals surface area contributed by atoms with Gasteiger partial charge in [0, 0.05) is 71.8 Å². The maximum Gasteiger partial charge on any atom is 0.261 e. The molecular formula is C34H34FN3O5. The zero-order chi connectivity index (χ0) is 29.3. The second kappa shape index (κ2) is 10.1. The number of imide groups is 1. The Bertz CT molecular complexity index is 1800. The van der Waals surface area contributed by atoms with Crippen molar-refractivity contribution in [2.24, 2.45) is 0 Å². The molecule has 4 aliphatic rings. The van der Waals surface area contributed by atoms with Crippen LogP contribution in [0, 0.1) is 0 Å². The van der Waals surface area contributed by atoms with Gasteiger partial charge in [-0.1, -0.05) is 42.8 Å². The molecule has 0 unspecified atom stereocenters. The number of halogens is 1. The number of para-hydroxylation sites is 2. The lowest BCUT2D eigenvalue weighted by Crippen LogP contribution is -2.43. The van der Waals surface area contributed by atoms with E-state index in [0.29, 0.717) is 35.4 Å². The van der Waals surface area contributed by atoms with E-state index in [0.717, 1.165) is 53.9 Å². The van der Waals surface area contributed by atoms with Gasteiger partial charge in [-0.2, -0.15) is 0 Å². The van der Waals surface area contributed by atoms with E-state index in [4.69, 9.17) is 14.2 Å². The summed E-state index contributed by atoms with van der Waals surface area (Å²) in [6.07, 6.45) is 5.81. The van der Waals surface area contributed by atoms with Crippen LogP contribution in [0.1, 0.15) is 43.2 Å². The normalized spacial score (nSPS) is 26.1. The third-order valence-electron chi connectivity index (χ3n) is 9.63. The molecule has 2 aromatic carbocycles. The Balaban J connectivity index is 1.29. The van der Waals surface area contributed by atoms with Crippen molar-refractivity contribution in [2.75, 3.05) is 20.3 Å². The van der Waals surface area contributed by atoms with E-state index in [1.54, 1.807) is 0 Å². The highest BCUT2D eigenvalue weighted by Crippen LogP contribution is 2.43. The number of fused-ring (bicyclic) bond motifs is 12. The first kappa shape index (κ1) is 26.8. The van der Waals surface area contributed by atoms with Gasteiger partial charge in [-0.05, 0) is 25.0 Å². The topological polar surface area (TPSA) is 74.9 Å². The van der Waals surface area contributed by atoms with Gasteiger partial charge < -0.3 is 23.3 Å². The van der Waals surface area contributed by atoms with Gasteiger partial charge in [-0.15, -0.1) is 0 Å². The number of likely N-dealkylation sites (N-methyl/N-ethyl adjacent to an activating group) is 1. The van der Waals surface area contributed by atoms with Crippen molar-refractivity contribution >= 4 is 44.8 Å². The predicted molar refractivity (Wildman–Crippen MR) is 160 cm³/mol. The number of carbonyl (C=O) groups excluding carboxylic acids is 2. The summed E-state index contributed by atoms with van der Waals surface area (Å²) in [6, 6.07) is 15.5. The van der Waals surface area contributed by atoms with Gasteiger partial charge in [0.2, 0.25) is 0 Å². The minimum Gasteiger partial charge on any atom is -0.370 e. The van der Waals surface area contributed by atoms with Crippen LogP contribution in [0.15, 0.2) is 60.9 Å². The van der Waals surface area contributed by atoms with Crippen LogP contribution in [-0.4, -0.2) is 70.3 Å². The van der Waals surface area contributed by atoms with Gasteiger partial charge >= 0.3 is 0 Å². The SMILES string of the molecule is CN1C(=O)C2=C(C1=O)c1cn(c3ccccc13)C[C@H](F)[C@@H]([C@H]1COC3(CCCCC3)O1)OCCn1cc2c2ccccc21. The summed E-state index contributed by atoms with van der Waals surface area (Å²) in [6.45, 7) is 0.978. The van der Waals surface area contributed by atoms with Gasteiger partial charge in [0.15, 0.2) is 5.79 Å². The molecule has 2 fully saturated rings. The first-order valence-electron chi connectivity index (χ1n) is 15.2. The summed E-state index contributed by atoms with van der Waals surface area (Å²) >= 11 is 0. The Hall–Kier alpha value is -3.79. The Morgan fingerprint density at radius 2 is 1.44 bits per heavy atom. The largest absolute Gasteiger partial charge is 0.370 e. The molecule has 5 heterocycles. The number of rotatable bonds is 1. The first-order chi connectivity index (χ1) is 20.9. The molecule has 43 heavy (non-hydrogen) atoms. The Kier molecular flexibility index (Phi) is 6.33. The lowest BCUT2D eigenvalue weighted by Gasteiger charge is -2.33. The molecule has 1 saturated carbocycles. The van der Waals surface area contributed by atoms with Gasteiger partial charge in [-0.25, -0.2) is 4.39 Å². The zero-order valence-corrected chi connectivity index (χ0v) is 24.1. The van der Waals surface area contributed by atoms with E-state index in [9.17, 15) is 9.59 Å². The van der Waals surface area contributed by atoms with Crippen LogP contribution in [0.25, 0.3) is 33.0 Å². The number of hydrogen-bond acceptors (Lipinski definition) is 5. The standard InChI is InChI=1S/C34H34FN3O5/c1-36-32(39)29-23-17-37(26-11-5-3-9-21(23)26)15-16-41-31(28-20-42-34(43-28)13-7-2-8-14-34)25(35)19-38-18-24(30(29)33(36)40)22-10-4-6-12-27(22)38/h3-6,9-12,17-18,25,28,31H,2,7-8,13-16,19-20H2,1H3/t25-,28+,31-/m0/s1. The van der Waals surface area contributed by atoms with E-state index in [1.807, 2.05) is 70.1 Å². The fraction of sp³-hybridized carbons (Fsp3) is 0.412. The summed E-state index contributed by atoms with van der Waals surface area (Å²) < 4.78 is 39.5. The van der Waals surface area contributed by atoms with Crippen LogP contribution in [0.4, 0.5) is 4.39 Å². The quantitative estimate of drug-likeness (QED) is 0.284. The van der Waals surface area contributed by atoms with Gasteiger partial charge in [0.05, 0.1) is 30.9 Å². The third kappa shape index (κ3) is 4.20. The summed E-state index contributed by atoms with van der Waals surface area (Å²) in [5.41, 5.74) is 3.73. The number of hydrogen-bond donors (Lipinski definition) is 0. The second-order valence-electron chi connectivity index (χ2n) is 12.2. The predicted octanol–water partition coefficient (Wildman–Crippen LogP) is 5.32. The van der Waals surface area contributed by atoms with Crippen LogP contribution >= 0.6 is 0 Å². The number of amides is 2. The fourth-order valence-corrected chi connectivity index (χ4v) is 7.49. The number of carbonyl (C=O) groups is 2. The summed E-state index contributed by atoms with van der Waals surface area (Å²) in [4.78, 5) is 28.6. The van der Waals surface area contributed by atoms with Crippen LogP contribution in [-0.2, 0) is 36.9 Å². The van der Waals surface area contributed by atoms with Crippen molar-refractivity contribution in [3.63, 3.8) is 0 Å². The molecule has 1 aliphatic carbocycles. The Morgan fingerprint density at radius 3 is 2.12 bits per heavy atom. The number of nitrogens with zero attached hydrogens (tertiary/aromatic N) is 3. The minimum absolute atomic E-state index is 0.00522. The van der Waals surface area contributed by atoms with Gasteiger partial charge in [0.25, 0.3) is 11.8 Å². The van der Waals surface area contributed by atoms with Crippen LogP contribution in [0.2, 0.25) is 0 Å². The molecule has 4 bridgehead atoms. The fourth-order valence-electron chi connectivity index (χ4n) is 7.49. The van der Waals surface area contributed by atoms with Gasteiger partial charge in [0.1, 0.15) is 18.4 Å². The first-order valence-corrected chi connectivity index (χ1v) is 15.2. The molecule has 0 N–H and O–H groups in total.